The van der Waals surface area contributed by atoms with E-state index in [1.54, 1.807) is 0 Å². The van der Waals surface area contributed by atoms with Crippen LogP contribution < -0.4 is 5.32 Å². The molecule has 0 aromatic heterocycles. The van der Waals surface area contributed by atoms with Gasteiger partial charge in [-0.3, -0.25) is 0 Å². The highest BCUT2D eigenvalue weighted by atomic mass is 14.9. The fraction of sp³-hybridized carbons (Fsp3) is 0.889. The topological polar surface area (TPSA) is 35.8 Å². The number of rotatable bonds is 3. The molecule has 0 saturated heterocycles. The van der Waals surface area contributed by atoms with Gasteiger partial charge < -0.3 is 5.32 Å². The van der Waals surface area contributed by atoms with Gasteiger partial charge in [-0.05, 0) is 18.8 Å². The summed E-state index contributed by atoms with van der Waals surface area (Å²) in [4.78, 5) is 0. The molecular formula is C9H16N2. The van der Waals surface area contributed by atoms with Gasteiger partial charge in [0, 0.05) is 6.04 Å². The van der Waals surface area contributed by atoms with Crippen LogP contribution in [0.25, 0.3) is 0 Å². The molecule has 11 heavy (non-hydrogen) atoms. The van der Waals surface area contributed by atoms with E-state index in [-0.39, 0.29) is 0 Å². The van der Waals surface area contributed by atoms with E-state index in [0.29, 0.717) is 12.6 Å². The Morgan fingerprint density at radius 2 is 2.36 bits per heavy atom. The van der Waals surface area contributed by atoms with Crippen LogP contribution in [0.1, 0.15) is 32.6 Å². The molecule has 0 amide bonds. The maximum Gasteiger partial charge on any atom is 0.0843 e. The summed E-state index contributed by atoms with van der Waals surface area (Å²) in [5, 5.41) is 11.6. The van der Waals surface area contributed by atoms with Crippen LogP contribution in [0.5, 0.6) is 0 Å². The molecular weight excluding hydrogens is 136 g/mol. The minimum absolute atomic E-state index is 0.515. The summed E-state index contributed by atoms with van der Waals surface area (Å²) >= 11 is 0. The molecule has 1 rings (SSSR count). The molecule has 62 valence electrons. The Bertz CT molecular complexity index is 148. The van der Waals surface area contributed by atoms with Gasteiger partial charge in [0.1, 0.15) is 0 Å². The van der Waals surface area contributed by atoms with Gasteiger partial charge in [0.25, 0.3) is 0 Å². The lowest BCUT2D eigenvalue weighted by Gasteiger charge is -2.17. The zero-order valence-electron chi connectivity index (χ0n) is 7.14. The van der Waals surface area contributed by atoms with Crippen molar-refractivity contribution in [2.45, 2.75) is 38.6 Å². The van der Waals surface area contributed by atoms with Crippen molar-refractivity contribution in [3.8, 4) is 6.07 Å². The summed E-state index contributed by atoms with van der Waals surface area (Å²) in [6.45, 7) is 2.75. The second kappa shape index (κ2) is 4.35. The van der Waals surface area contributed by atoms with Crippen LogP contribution in [0.4, 0.5) is 0 Å². The molecule has 2 atom stereocenters. The van der Waals surface area contributed by atoms with Gasteiger partial charge >= 0.3 is 0 Å². The van der Waals surface area contributed by atoms with E-state index in [4.69, 9.17) is 5.26 Å². The Hall–Kier alpha value is -0.550. The lowest BCUT2D eigenvalue weighted by Crippen LogP contribution is -2.32. The smallest absolute Gasteiger partial charge is 0.0843 e. The highest BCUT2D eigenvalue weighted by Gasteiger charge is 2.24. The number of nitrogens with one attached hydrogen (secondary N) is 1. The normalized spacial score (nSPS) is 30.2. The Morgan fingerprint density at radius 3 is 3.00 bits per heavy atom. The molecule has 0 bridgehead atoms. The molecule has 1 N–H and O–H groups in total. The van der Waals surface area contributed by atoms with E-state index in [2.05, 4.69) is 18.3 Å². The highest BCUT2D eigenvalue weighted by molar-refractivity contribution is 4.85. The fourth-order valence-electron chi connectivity index (χ4n) is 1.97. The van der Waals surface area contributed by atoms with Gasteiger partial charge in [0.2, 0.25) is 0 Å². The van der Waals surface area contributed by atoms with Crippen molar-refractivity contribution in [1.82, 2.24) is 5.32 Å². The van der Waals surface area contributed by atoms with E-state index in [9.17, 15) is 0 Å². The molecule has 0 unspecified atom stereocenters. The Morgan fingerprint density at radius 1 is 1.55 bits per heavy atom. The van der Waals surface area contributed by atoms with Crippen molar-refractivity contribution in [3.63, 3.8) is 0 Å². The SMILES string of the molecule is CC[C@H]1CCC[C@@H]1NCC#N. The standard InChI is InChI=1S/C9H16N2/c1-2-8-4-3-5-9(8)11-7-6-10/h8-9,11H,2-5,7H2,1H3/t8-,9-/m0/s1. The average Bonchev–Trinajstić information content (AvgIpc) is 2.47. The van der Waals surface area contributed by atoms with E-state index >= 15 is 0 Å². The first-order valence-corrected chi connectivity index (χ1v) is 4.48. The van der Waals surface area contributed by atoms with Gasteiger partial charge in [-0.15, -0.1) is 0 Å². The maximum absolute atomic E-state index is 8.37. The van der Waals surface area contributed by atoms with Crippen LogP contribution in [0, 0.1) is 17.2 Å². The molecule has 0 heterocycles. The van der Waals surface area contributed by atoms with Gasteiger partial charge in [-0.25, -0.2) is 0 Å². The molecule has 1 fully saturated rings. The van der Waals surface area contributed by atoms with Gasteiger partial charge in [-0.2, -0.15) is 5.26 Å². The van der Waals surface area contributed by atoms with E-state index in [0.717, 1.165) is 5.92 Å². The number of nitriles is 1. The molecule has 2 nitrogen and oxygen atoms in total. The lowest BCUT2D eigenvalue weighted by molar-refractivity contribution is 0.405. The number of hydrogen-bond acceptors (Lipinski definition) is 2. The quantitative estimate of drug-likeness (QED) is 0.624. The first-order chi connectivity index (χ1) is 5.38. The zero-order valence-corrected chi connectivity index (χ0v) is 7.14. The number of nitrogens with zero attached hydrogens (tertiary/aromatic N) is 1. The predicted molar refractivity (Wildman–Crippen MR) is 45.0 cm³/mol. The molecule has 0 radical (unpaired) electrons. The monoisotopic (exact) mass is 152 g/mol. The van der Waals surface area contributed by atoms with E-state index in [1.165, 1.54) is 25.7 Å². The van der Waals surface area contributed by atoms with Gasteiger partial charge in [-0.1, -0.05) is 19.8 Å². The average molecular weight is 152 g/mol. The third-order valence-corrected chi connectivity index (χ3v) is 2.63. The Kier molecular flexibility index (Phi) is 3.38. The van der Waals surface area contributed by atoms with Gasteiger partial charge in [0.05, 0.1) is 12.6 Å². The first kappa shape index (κ1) is 8.55. The van der Waals surface area contributed by atoms with Crippen molar-refractivity contribution in [3.05, 3.63) is 0 Å². The summed E-state index contributed by atoms with van der Waals surface area (Å²) in [5.41, 5.74) is 0. The second-order valence-corrected chi connectivity index (χ2v) is 3.24. The minimum Gasteiger partial charge on any atom is -0.301 e. The van der Waals surface area contributed by atoms with Crippen molar-refractivity contribution in [1.29, 1.82) is 5.26 Å². The summed E-state index contributed by atoms with van der Waals surface area (Å²) < 4.78 is 0. The zero-order chi connectivity index (χ0) is 8.10. The molecule has 1 aliphatic carbocycles. The van der Waals surface area contributed by atoms with Gasteiger partial charge in [0.15, 0.2) is 0 Å². The summed E-state index contributed by atoms with van der Waals surface area (Å²) in [6.07, 6.45) is 5.20. The van der Waals surface area contributed by atoms with Crippen molar-refractivity contribution >= 4 is 0 Å². The molecule has 0 aromatic rings. The molecule has 2 heteroatoms. The summed E-state index contributed by atoms with van der Waals surface area (Å²) in [7, 11) is 0. The largest absolute Gasteiger partial charge is 0.301 e. The highest BCUT2D eigenvalue weighted by Crippen LogP contribution is 2.27. The first-order valence-electron chi connectivity index (χ1n) is 4.48. The van der Waals surface area contributed by atoms with E-state index < -0.39 is 0 Å². The van der Waals surface area contributed by atoms with Crippen LogP contribution in [-0.2, 0) is 0 Å². The van der Waals surface area contributed by atoms with Crippen LogP contribution in [0.3, 0.4) is 0 Å². The second-order valence-electron chi connectivity index (χ2n) is 3.24. The van der Waals surface area contributed by atoms with Crippen LogP contribution >= 0.6 is 0 Å². The molecule has 1 saturated carbocycles. The third kappa shape index (κ3) is 2.20. The third-order valence-electron chi connectivity index (χ3n) is 2.63. The van der Waals surface area contributed by atoms with Crippen molar-refractivity contribution in [2.24, 2.45) is 5.92 Å². The molecule has 1 aliphatic rings. The molecule has 0 spiro atoms. The van der Waals surface area contributed by atoms with Crippen LogP contribution in [0.2, 0.25) is 0 Å². The molecule has 0 aromatic carbocycles. The lowest BCUT2D eigenvalue weighted by atomic mass is 10.0. The van der Waals surface area contributed by atoms with Crippen molar-refractivity contribution in [2.75, 3.05) is 6.54 Å². The number of hydrogen-bond donors (Lipinski definition) is 1. The summed E-state index contributed by atoms with van der Waals surface area (Å²) in [6, 6.07) is 2.75. The Labute approximate surface area is 68.6 Å². The van der Waals surface area contributed by atoms with Crippen LogP contribution in [0.15, 0.2) is 0 Å². The summed E-state index contributed by atoms with van der Waals surface area (Å²) in [5.74, 6) is 0.823. The maximum atomic E-state index is 8.37. The molecule has 0 aliphatic heterocycles. The van der Waals surface area contributed by atoms with E-state index in [1.807, 2.05) is 0 Å². The minimum atomic E-state index is 0.515. The van der Waals surface area contributed by atoms with Crippen molar-refractivity contribution < 1.29 is 0 Å². The van der Waals surface area contributed by atoms with Crippen LogP contribution in [-0.4, -0.2) is 12.6 Å². The predicted octanol–water partition coefficient (Wildman–Crippen LogP) is 1.68. The Balaban J connectivity index is 2.27. The fourth-order valence-corrected chi connectivity index (χ4v) is 1.97.